The highest BCUT2D eigenvalue weighted by molar-refractivity contribution is 5.67. The molecule has 0 saturated carbocycles. The van der Waals surface area contributed by atoms with Gasteiger partial charge in [-0.15, -0.1) is 0 Å². The van der Waals surface area contributed by atoms with Crippen molar-refractivity contribution in [2.75, 3.05) is 0 Å². The zero-order chi connectivity index (χ0) is 18.1. The average molecular weight is 341 g/mol. The normalized spacial score (nSPS) is 13.1. The number of benzene rings is 2. The van der Waals surface area contributed by atoms with Gasteiger partial charge in [-0.25, -0.2) is 4.79 Å². The Kier molecular flexibility index (Phi) is 7.48. The van der Waals surface area contributed by atoms with Gasteiger partial charge in [-0.05, 0) is 36.5 Å². The van der Waals surface area contributed by atoms with Crippen LogP contribution in [0.4, 0.5) is 4.79 Å². The molecule has 134 valence electrons. The highest BCUT2D eigenvalue weighted by Crippen LogP contribution is 2.25. The molecule has 2 aromatic carbocycles. The second-order valence-electron chi connectivity index (χ2n) is 6.23. The minimum absolute atomic E-state index is 0.403. The third-order valence-electron chi connectivity index (χ3n) is 4.24. The lowest BCUT2D eigenvalue weighted by Crippen LogP contribution is -2.32. The predicted octanol–water partition coefficient (Wildman–Crippen LogP) is 4.51. The Bertz CT molecular complexity index is 657. The number of alkyl carbamates (subject to hydrolysis) is 1. The minimum atomic E-state index is -0.824. The standard InChI is InChI=1S/C21H27NO3/c1-3-4-14-19(20(23)18-13-9-8-10-16(18)2)25-21(24)22-15-17-11-6-5-7-12-17/h5-13,19-20,23H,3-4,14-15H2,1-2H3,(H,22,24)/t19-,20-/m0/s1. The SMILES string of the molecule is CCCC[C@H](OC(=O)NCc1ccccc1)[C@@H](O)c1ccccc1C. The highest BCUT2D eigenvalue weighted by Gasteiger charge is 2.25. The molecule has 0 bridgehead atoms. The number of carbonyl (C=O) groups excluding carboxylic acids is 1. The molecule has 4 heteroatoms. The number of unbranched alkanes of at least 4 members (excludes halogenated alkanes) is 1. The van der Waals surface area contributed by atoms with Crippen molar-refractivity contribution in [3.8, 4) is 0 Å². The van der Waals surface area contributed by atoms with Gasteiger partial charge in [-0.1, -0.05) is 67.9 Å². The first-order valence-electron chi connectivity index (χ1n) is 8.83. The van der Waals surface area contributed by atoms with Crippen molar-refractivity contribution in [2.24, 2.45) is 0 Å². The first kappa shape index (κ1) is 19.0. The lowest BCUT2D eigenvalue weighted by atomic mass is 9.96. The molecule has 4 nitrogen and oxygen atoms in total. The van der Waals surface area contributed by atoms with Crippen LogP contribution in [0.1, 0.15) is 49.0 Å². The molecule has 2 atom stereocenters. The second kappa shape index (κ2) is 9.84. The maximum absolute atomic E-state index is 12.2. The summed E-state index contributed by atoms with van der Waals surface area (Å²) in [6.45, 7) is 4.43. The average Bonchev–Trinajstić information content (AvgIpc) is 2.64. The molecule has 0 aliphatic rings. The van der Waals surface area contributed by atoms with E-state index in [4.69, 9.17) is 4.74 Å². The fourth-order valence-electron chi connectivity index (χ4n) is 2.75. The molecule has 25 heavy (non-hydrogen) atoms. The number of aliphatic hydroxyl groups excluding tert-OH is 1. The van der Waals surface area contributed by atoms with Crippen molar-refractivity contribution < 1.29 is 14.6 Å². The molecule has 2 N–H and O–H groups in total. The molecule has 0 unspecified atom stereocenters. The number of aryl methyl sites for hydroxylation is 1. The van der Waals surface area contributed by atoms with Crippen LogP contribution < -0.4 is 5.32 Å². The molecule has 0 aromatic heterocycles. The summed E-state index contributed by atoms with van der Waals surface area (Å²) >= 11 is 0. The van der Waals surface area contributed by atoms with E-state index >= 15 is 0 Å². The van der Waals surface area contributed by atoms with Crippen molar-refractivity contribution in [1.82, 2.24) is 5.32 Å². The Hall–Kier alpha value is -2.33. The first-order valence-corrected chi connectivity index (χ1v) is 8.83. The van der Waals surface area contributed by atoms with E-state index in [1.165, 1.54) is 0 Å². The summed E-state index contributed by atoms with van der Waals surface area (Å²) in [4.78, 5) is 12.2. The van der Waals surface area contributed by atoms with Crippen LogP contribution in [-0.2, 0) is 11.3 Å². The van der Waals surface area contributed by atoms with Crippen LogP contribution in [0, 0.1) is 6.92 Å². The third kappa shape index (κ3) is 5.91. The second-order valence-corrected chi connectivity index (χ2v) is 6.23. The van der Waals surface area contributed by atoms with Gasteiger partial charge in [0.05, 0.1) is 0 Å². The Morgan fingerprint density at radius 3 is 2.48 bits per heavy atom. The Morgan fingerprint density at radius 1 is 1.12 bits per heavy atom. The summed E-state index contributed by atoms with van der Waals surface area (Å²) in [6, 6.07) is 17.3. The largest absolute Gasteiger partial charge is 0.443 e. The predicted molar refractivity (Wildman–Crippen MR) is 99.2 cm³/mol. The molecule has 0 aliphatic carbocycles. The lowest BCUT2D eigenvalue weighted by Gasteiger charge is -2.24. The molecule has 0 aliphatic heterocycles. The van der Waals surface area contributed by atoms with Gasteiger partial charge in [0.2, 0.25) is 0 Å². The Morgan fingerprint density at radius 2 is 1.80 bits per heavy atom. The quantitative estimate of drug-likeness (QED) is 0.742. The first-order chi connectivity index (χ1) is 12.1. The number of nitrogens with one attached hydrogen (secondary N) is 1. The van der Waals surface area contributed by atoms with E-state index in [1.54, 1.807) is 0 Å². The van der Waals surface area contributed by atoms with E-state index in [0.717, 1.165) is 29.5 Å². The number of ether oxygens (including phenoxy) is 1. The van der Waals surface area contributed by atoms with Crippen LogP contribution in [0.2, 0.25) is 0 Å². The van der Waals surface area contributed by atoms with Gasteiger partial charge in [0, 0.05) is 6.54 Å². The van der Waals surface area contributed by atoms with Crippen LogP contribution in [0.3, 0.4) is 0 Å². The van der Waals surface area contributed by atoms with Crippen LogP contribution in [-0.4, -0.2) is 17.3 Å². The van der Waals surface area contributed by atoms with E-state index in [0.29, 0.717) is 13.0 Å². The molecule has 1 amide bonds. The van der Waals surface area contributed by atoms with E-state index in [1.807, 2.05) is 61.5 Å². The van der Waals surface area contributed by atoms with Crippen molar-refractivity contribution in [3.63, 3.8) is 0 Å². The van der Waals surface area contributed by atoms with Gasteiger partial charge in [-0.2, -0.15) is 0 Å². The lowest BCUT2D eigenvalue weighted by molar-refractivity contribution is -0.00431. The fraction of sp³-hybridized carbons (Fsp3) is 0.381. The van der Waals surface area contributed by atoms with Crippen molar-refractivity contribution in [2.45, 2.75) is 51.9 Å². The molecule has 2 rings (SSSR count). The van der Waals surface area contributed by atoms with Crippen LogP contribution in [0.5, 0.6) is 0 Å². The zero-order valence-electron chi connectivity index (χ0n) is 14.9. The zero-order valence-corrected chi connectivity index (χ0v) is 14.9. The number of hydrogen-bond acceptors (Lipinski definition) is 3. The fourth-order valence-corrected chi connectivity index (χ4v) is 2.75. The number of carbonyl (C=O) groups is 1. The van der Waals surface area contributed by atoms with Crippen molar-refractivity contribution in [3.05, 3.63) is 71.3 Å². The number of rotatable bonds is 8. The molecule has 0 heterocycles. The summed E-state index contributed by atoms with van der Waals surface area (Å²) in [5, 5.41) is 13.5. The summed E-state index contributed by atoms with van der Waals surface area (Å²) in [5.41, 5.74) is 2.80. The molecule has 0 fully saturated rings. The summed E-state index contributed by atoms with van der Waals surface area (Å²) < 4.78 is 5.55. The molecule has 0 spiro atoms. The van der Waals surface area contributed by atoms with E-state index in [-0.39, 0.29) is 0 Å². The van der Waals surface area contributed by atoms with E-state index in [9.17, 15) is 9.90 Å². The van der Waals surface area contributed by atoms with E-state index in [2.05, 4.69) is 12.2 Å². The summed E-state index contributed by atoms with van der Waals surface area (Å²) in [5.74, 6) is 0. The topological polar surface area (TPSA) is 58.6 Å². The number of hydrogen-bond donors (Lipinski definition) is 2. The molecular formula is C21H27NO3. The molecular weight excluding hydrogens is 314 g/mol. The van der Waals surface area contributed by atoms with Crippen LogP contribution in [0.25, 0.3) is 0 Å². The third-order valence-corrected chi connectivity index (χ3v) is 4.24. The maximum Gasteiger partial charge on any atom is 0.407 e. The monoisotopic (exact) mass is 341 g/mol. The van der Waals surface area contributed by atoms with Gasteiger partial charge in [0.15, 0.2) is 0 Å². The Labute approximate surface area is 149 Å². The van der Waals surface area contributed by atoms with Gasteiger partial charge < -0.3 is 15.2 Å². The van der Waals surface area contributed by atoms with Crippen molar-refractivity contribution >= 4 is 6.09 Å². The smallest absolute Gasteiger partial charge is 0.407 e. The summed E-state index contributed by atoms with van der Waals surface area (Å²) in [7, 11) is 0. The van der Waals surface area contributed by atoms with Gasteiger partial charge in [0.1, 0.15) is 12.2 Å². The molecule has 0 radical (unpaired) electrons. The minimum Gasteiger partial charge on any atom is -0.443 e. The van der Waals surface area contributed by atoms with Gasteiger partial charge in [0.25, 0.3) is 0 Å². The highest BCUT2D eigenvalue weighted by atomic mass is 16.6. The van der Waals surface area contributed by atoms with Gasteiger partial charge >= 0.3 is 6.09 Å². The molecule has 2 aromatic rings. The van der Waals surface area contributed by atoms with E-state index < -0.39 is 18.3 Å². The van der Waals surface area contributed by atoms with Crippen molar-refractivity contribution in [1.29, 1.82) is 0 Å². The maximum atomic E-state index is 12.2. The number of amides is 1. The van der Waals surface area contributed by atoms with Gasteiger partial charge in [-0.3, -0.25) is 0 Å². The molecule has 0 saturated heterocycles. The Balaban J connectivity index is 1.99. The van der Waals surface area contributed by atoms with Crippen LogP contribution in [0.15, 0.2) is 54.6 Å². The van der Waals surface area contributed by atoms with Crippen LogP contribution >= 0.6 is 0 Å². The number of aliphatic hydroxyl groups is 1. The summed E-state index contributed by atoms with van der Waals surface area (Å²) in [6.07, 6.45) is 0.612.